The molecule has 0 atom stereocenters. The second-order valence-electron chi connectivity index (χ2n) is 4.78. The predicted octanol–water partition coefficient (Wildman–Crippen LogP) is 4.96. The summed E-state index contributed by atoms with van der Waals surface area (Å²) in [6.07, 6.45) is 0. The minimum atomic E-state index is 0.151. The summed E-state index contributed by atoms with van der Waals surface area (Å²) in [7, 11) is 0. The lowest BCUT2D eigenvalue weighted by atomic mass is 10.1. The van der Waals surface area contributed by atoms with Crippen LogP contribution in [0.3, 0.4) is 0 Å². The van der Waals surface area contributed by atoms with Crippen LogP contribution in [0.25, 0.3) is 43.6 Å². The minimum absolute atomic E-state index is 0.151. The molecule has 0 amide bonds. The summed E-state index contributed by atoms with van der Waals surface area (Å²) in [4.78, 5) is 6.14. The number of hydrogen-bond acceptors (Lipinski definition) is 0. The molecule has 2 aromatic heterocycles. The van der Waals surface area contributed by atoms with E-state index < -0.39 is 0 Å². The Morgan fingerprint density at radius 2 is 1.15 bits per heavy atom. The molecule has 0 unspecified atom stereocenters. The number of para-hydroxylation sites is 2. The molecule has 2 N–H and O–H groups in total. The van der Waals surface area contributed by atoms with Gasteiger partial charge >= 0.3 is 0 Å². The first-order valence-electron chi connectivity index (χ1n) is 9.31. The highest BCUT2D eigenvalue weighted by Crippen LogP contribution is 2.32. The molecular formula is C18H12N2. The topological polar surface area (TPSA) is 31.6 Å². The van der Waals surface area contributed by atoms with Gasteiger partial charge in [0.1, 0.15) is 0 Å². The third kappa shape index (κ3) is 1.18. The Bertz CT molecular complexity index is 1290. The van der Waals surface area contributed by atoms with Crippen LogP contribution in [0.1, 0.15) is 8.22 Å². The summed E-state index contributed by atoms with van der Waals surface area (Å²) >= 11 is 0. The number of H-pyrrole nitrogens is 2. The maximum Gasteiger partial charge on any atom is 0.0652 e. The van der Waals surface area contributed by atoms with Gasteiger partial charge in [0.2, 0.25) is 0 Å². The first kappa shape index (κ1) is 6.14. The van der Waals surface area contributed by atoms with Gasteiger partial charge in [0, 0.05) is 43.6 Å². The molecule has 94 valence electrons. The lowest BCUT2D eigenvalue weighted by Gasteiger charge is -1.93. The molecule has 3 aromatic carbocycles. The zero-order valence-electron chi connectivity index (χ0n) is 16.3. The Balaban J connectivity index is 2.11. The maximum atomic E-state index is 8.66. The number of hydrogen-bond donors (Lipinski definition) is 2. The van der Waals surface area contributed by atoms with Crippen molar-refractivity contribution in [3.63, 3.8) is 0 Å². The SMILES string of the molecule is [2H]c1cc([2H])c2[nH]c3c([2H])c4c([nH]c5c([2H])cc([2H])cc54)c([2H])c3c2c1. The van der Waals surface area contributed by atoms with Gasteiger partial charge in [-0.2, -0.15) is 0 Å². The molecule has 2 heteroatoms. The zero-order valence-corrected chi connectivity index (χ0v) is 10.3. The molecular weight excluding hydrogens is 244 g/mol. The number of fused-ring (bicyclic) bond motifs is 6. The van der Waals surface area contributed by atoms with Crippen molar-refractivity contribution in [2.45, 2.75) is 0 Å². The van der Waals surface area contributed by atoms with E-state index in [2.05, 4.69) is 9.97 Å². The van der Waals surface area contributed by atoms with E-state index in [1.54, 1.807) is 12.1 Å². The average molecular weight is 262 g/mol. The van der Waals surface area contributed by atoms with Crippen molar-refractivity contribution in [1.29, 1.82) is 0 Å². The molecule has 20 heavy (non-hydrogen) atoms. The van der Waals surface area contributed by atoms with Crippen LogP contribution in [0.2, 0.25) is 0 Å². The Labute approximate surface area is 123 Å². The molecule has 0 aliphatic rings. The van der Waals surface area contributed by atoms with Crippen molar-refractivity contribution in [3.8, 4) is 0 Å². The van der Waals surface area contributed by atoms with Crippen molar-refractivity contribution in [3.05, 3.63) is 60.5 Å². The number of aromatic nitrogens is 2. The zero-order chi connectivity index (χ0) is 18.3. The molecule has 0 spiro atoms. The molecule has 0 bridgehead atoms. The predicted molar refractivity (Wildman–Crippen MR) is 85.2 cm³/mol. The van der Waals surface area contributed by atoms with Gasteiger partial charge in [0.15, 0.2) is 0 Å². The summed E-state index contributed by atoms with van der Waals surface area (Å²) in [6.45, 7) is 0. The number of nitrogens with one attached hydrogen (secondary N) is 2. The highest BCUT2D eigenvalue weighted by Gasteiger charge is 2.08. The second kappa shape index (κ2) is 3.42. The molecule has 0 aliphatic heterocycles. The van der Waals surface area contributed by atoms with Gasteiger partial charge in [-0.05, 0) is 24.2 Å². The molecule has 0 aliphatic carbocycles. The maximum absolute atomic E-state index is 8.66. The summed E-state index contributed by atoms with van der Waals surface area (Å²) in [6, 6.07) is 7.00. The average Bonchev–Trinajstić information content (AvgIpc) is 3.12. The Hall–Kier alpha value is -2.74. The van der Waals surface area contributed by atoms with Crippen molar-refractivity contribution < 1.29 is 8.22 Å². The van der Waals surface area contributed by atoms with Crippen molar-refractivity contribution in [2.24, 2.45) is 0 Å². The molecule has 0 saturated heterocycles. The molecule has 2 heterocycles. The van der Waals surface area contributed by atoms with Gasteiger partial charge in [-0.15, -0.1) is 0 Å². The Kier molecular flexibility index (Phi) is 1.05. The van der Waals surface area contributed by atoms with E-state index in [-0.39, 0.29) is 36.3 Å². The highest BCUT2D eigenvalue weighted by atomic mass is 14.7. The van der Waals surface area contributed by atoms with E-state index in [0.717, 1.165) is 0 Å². The summed E-state index contributed by atoms with van der Waals surface area (Å²) in [5, 5.41) is 2.13. The van der Waals surface area contributed by atoms with Crippen LogP contribution in [0.5, 0.6) is 0 Å². The van der Waals surface area contributed by atoms with Gasteiger partial charge in [0.05, 0.1) is 8.22 Å². The van der Waals surface area contributed by atoms with Crippen LogP contribution in [0.15, 0.2) is 60.5 Å². The van der Waals surface area contributed by atoms with Crippen LogP contribution >= 0.6 is 0 Å². The van der Waals surface area contributed by atoms with Gasteiger partial charge in [-0.1, -0.05) is 36.4 Å². The molecule has 2 nitrogen and oxygen atoms in total. The fourth-order valence-corrected chi connectivity index (χ4v) is 2.72. The molecule has 0 fully saturated rings. The number of aromatic amines is 2. The van der Waals surface area contributed by atoms with Gasteiger partial charge in [-0.25, -0.2) is 0 Å². The van der Waals surface area contributed by atoms with Crippen LogP contribution in [-0.4, -0.2) is 9.97 Å². The smallest absolute Gasteiger partial charge is 0.0652 e. The van der Waals surface area contributed by atoms with E-state index in [1.807, 2.05) is 0 Å². The first-order valence-corrected chi connectivity index (χ1v) is 6.31. The largest absolute Gasteiger partial charge is 0.354 e. The van der Waals surface area contributed by atoms with E-state index in [4.69, 9.17) is 8.22 Å². The van der Waals surface area contributed by atoms with Crippen molar-refractivity contribution >= 4 is 43.6 Å². The van der Waals surface area contributed by atoms with E-state index in [1.165, 1.54) is 12.1 Å². The summed E-state index contributed by atoms with van der Waals surface area (Å²) in [5.41, 5.74) is 1.86. The van der Waals surface area contributed by atoms with Gasteiger partial charge in [0.25, 0.3) is 0 Å². The van der Waals surface area contributed by atoms with E-state index in [9.17, 15) is 0 Å². The molecule has 5 aromatic rings. The summed E-state index contributed by atoms with van der Waals surface area (Å²) < 4.78 is 49.2. The van der Waals surface area contributed by atoms with Gasteiger partial charge in [-0.3, -0.25) is 0 Å². The third-order valence-corrected chi connectivity index (χ3v) is 3.63. The molecule has 5 rings (SSSR count). The van der Waals surface area contributed by atoms with Crippen LogP contribution in [0.4, 0.5) is 0 Å². The molecule has 0 radical (unpaired) electrons. The third-order valence-electron chi connectivity index (χ3n) is 3.63. The minimum Gasteiger partial charge on any atom is -0.354 e. The fourth-order valence-electron chi connectivity index (χ4n) is 2.72. The standard InChI is InChI=1S/C18H12N2/c1-3-7-15-11(5-1)13-9-18-14(10-17(13)19-15)12-6-2-4-8-16(12)20-18/h1-10,19-20H/i1D,2D,7D,8D,9D,10D. The Morgan fingerprint density at radius 3 is 1.65 bits per heavy atom. The van der Waals surface area contributed by atoms with E-state index >= 15 is 0 Å². The van der Waals surface area contributed by atoms with Crippen LogP contribution < -0.4 is 0 Å². The number of benzene rings is 3. The van der Waals surface area contributed by atoms with E-state index in [0.29, 0.717) is 43.6 Å². The highest BCUT2D eigenvalue weighted by molar-refractivity contribution is 6.16. The lowest BCUT2D eigenvalue weighted by Crippen LogP contribution is -1.70. The first-order chi connectivity index (χ1) is 12.4. The van der Waals surface area contributed by atoms with Crippen molar-refractivity contribution in [2.75, 3.05) is 0 Å². The van der Waals surface area contributed by atoms with Gasteiger partial charge < -0.3 is 9.97 Å². The summed E-state index contributed by atoms with van der Waals surface area (Å²) in [5.74, 6) is 0. The fraction of sp³-hybridized carbons (Fsp3) is 0. The van der Waals surface area contributed by atoms with Crippen LogP contribution in [-0.2, 0) is 0 Å². The van der Waals surface area contributed by atoms with Crippen molar-refractivity contribution in [1.82, 2.24) is 9.97 Å². The normalized spacial score (nSPS) is 16.2. The van der Waals surface area contributed by atoms with Crippen LogP contribution in [0, 0.1) is 0 Å². The number of rotatable bonds is 0. The molecule has 0 saturated carbocycles. The Morgan fingerprint density at radius 1 is 0.650 bits per heavy atom. The second-order valence-corrected chi connectivity index (χ2v) is 4.78. The monoisotopic (exact) mass is 262 g/mol. The quantitative estimate of drug-likeness (QED) is 0.395. The lowest BCUT2D eigenvalue weighted by molar-refractivity contribution is 1.54.